The van der Waals surface area contributed by atoms with Crippen LogP contribution in [0, 0.1) is 23.7 Å². The predicted octanol–water partition coefficient (Wildman–Crippen LogP) is 6.40. The topological polar surface area (TPSA) is 38.8 Å². The molecule has 0 amide bonds. The van der Waals surface area contributed by atoms with Crippen LogP contribution >= 0.6 is 0 Å². The largest absolute Gasteiger partial charge is 0.462 e. The highest BCUT2D eigenvalue weighted by molar-refractivity contribution is 6.77. The van der Waals surface area contributed by atoms with E-state index in [0.717, 1.165) is 18.9 Å². The van der Waals surface area contributed by atoms with Gasteiger partial charge in [-0.25, -0.2) is 0 Å². The van der Waals surface area contributed by atoms with E-state index in [1.54, 1.807) is 6.92 Å². The third kappa shape index (κ3) is 3.82. The number of hydrogen-bond donors (Lipinski definition) is 0. The maximum atomic E-state index is 12.0. The van der Waals surface area contributed by atoms with Crippen LogP contribution in [0.1, 0.15) is 93.9 Å². The number of esters is 1. The predicted molar refractivity (Wildman–Crippen MR) is 133 cm³/mol. The fraction of sp³-hybridized carbons (Fsp3) is 0.963. The van der Waals surface area contributed by atoms with E-state index in [0.29, 0.717) is 40.5 Å². The second-order valence-electron chi connectivity index (χ2n) is 12.8. The van der Waals surface area contributed by atoms with E-state index in [1.807, 2.05) is 0 Å². The molecule has 2 saturated heterocycles. The number of rotatable bonds is 6. The van der Waals surface area contributed by atoms with Gasteiger partial charge in [-0.15, -0.1) is 0 Å². The molecule has 4 aliphatic rings. The normalized spacial score (nSPS) is 40.0. The zero-order chi connectivity index (χ0) is 23.4. The van der Waals surface area contributed by atoms with Gasteiger partial charge in [-0.05, 0) is 79.4 Å². The molecule has 184 valence electrons. The Balaban J connectivity index is 1.66. The lowest BCUT2D eigenvalue weighted by Gasteiger charge is -2.69. The van der Waals surface area contributed by atoms with Gasteiger partial charge in [-0.2, -0.15) is 0 Å². The molecule has 2 aliphatic carbocycles. The number of hydrogen-bond acceptors (Lipinski definition) is 4. The van der Waals surface area contributed by atoms with E-state index in [1.165, 1.54) is 38.6 Å². The molecule has 5 heteroatoms. The quantitative estimate of drug-likeness (QED) is 0.337. The van der Waals surface area contributed by atoms with Crippen molar-refractivity contribution in [3.05, 3.63) is 0 Å². The number of ether oxygens (including phenoxy) is 1. The Hall–Kier alpha value is -0.393. The highest BCUT2D eigenvalue weighted by Crippen LogP contribution is 2.61. The van der Waals surface area contributed by atoms with Gasteiger partial charge < -0.3 is 9.16 Å². The first-order valence-electron chi connectivity index (χ1n) is 13.6. The molecule has 4 nitrogen and oxygen atoms in total. The molecule has 0 aromatic carbocycles. The molecule has 0 aromatic rings. The van der Waals surface area contributed by atoms with Crippen molar-refractivity contribution in [2.24, 2.45) is 23.7 Å². The molecule has 7 unspecified atom stereocenters. The Bertz CT molecular complexity index is 673. The number of carbonyl (C=O) groups is 1. The molecule has 2 bridgehead atoms. The highest BCUT2D eigenvalue weighted by Gasteiger charge is 2.65. The van der Waals surface area contributed by atoms with Gasteiger partial charge in [0.15, 0.2) is 0 Å². The summed E-state index contributed by atoms with van der Waals surface area (Å²) >= 11 is 0. The van der Waals surface area contributed by atoms with Gasteiger partial charge in [-0.3, -0.25) is 9.69 Å². The Kier molecular flexibility index (Phi) is 6.95. The van der Waals surface area contributed by atoms with Crippen LogP contribution in [0.25, 0.3) is 0 Å². The third-order valence-electron chi connectivity index (χ3n) is 10.1. The van der Waals surface area contributed by atoms with Crippen LogP contribution < -0.4 is 0 Å². The van der Waals surface area contributed by atoms with Gasteiger partial charge in [-0.1, -0.05) is 48.5 Å². The Labute approximate surface area is 198 Å². The zero-order valence-electron chi connectivity index (χ0n) is 22.0. The lowest BCUT2D eigenvalue weighted by atomic mass is 9.48. The first-order valence-corrected chi connectivity index (χ1v) is 15.8. The minimum Gasteiger partial charge on any atom is -0.462 e. The minimum absolute atomic E-state index is 0.0910. The summed E-state index contributed by atoms with van der Waals surface area (Å²) in [6, 6.07) is 0. The van der Waals surface area contributed by atoms with Crippen molar-refractivity contribution in [1.29, 1.82) is 0 Å². The van der Waals surface area contributed by atoms with Crippen LogP contribution in [0.5, 0.6) is 0 Å². The van der Waals surface area contributed by atoms with Crippen molar-refractivity contribution in [3.63, 3.8) is 0 Å². The molecule has 4 rings (SSSR count). The van der Waals surface area contributed by atoms with Crippen molar-refractivity contribution < 1.29 is 14.0 Å². The summed E-state index contributed by atoms with van der Waals surface area (Å²) in [6.45, 7) is 20.8. The smallest absolute Gasteiger partial charge is 0.302 e. The SMILES string of the molecule is CC(=O)OC1CC2CC(C)CC34C2CC(O[Si](C(C)C)(C(C)C)C(C)C)CN3CCCC14. The number of piperidine rings is 2. The standard InChI is InChI=1S/C27H49NO3Si/c1-17(2)32(18(3)4,19(5)6)31-23-14-25-22-12-20(7)15-27(25)24(10-9-11-28(27)16-23)26(13-22)30-21(8)29/h17-20,22-26H,9-16H2,1-8H3. The molecule has 1 spiro atoms. The van der Waals surface area contributed by atoms with E-state index >= 15 is 0 Å². The van der Waals surface area contributed by atoms with Crippen molar-refractivity contribution >= 4 is 14.3 Å². The van der Waals surface area contributed by atoms with Gasteiger partial charge in [0, 0.05) is 24.9 Å². The fourth-order valence-corrected chi connectivity index (χ4v) is 15.0. The van der Waals surface area contributed by atoms with Crippen molar-refractivity contribution in [2.45, 2.75) is 128 Å². The maximum Gasteiger partial charge on any atom is 0.302 e. The molecule has 2 aliphatic heterocycles. The molecule has 2 saturated carbocycles. The van der Waals surface area contributed by atoms with Gasteiger partial charge in [0.05, 0.1) is 6.10 Å². The Morgan fingerprint density at radius 2 is 1.66 bits per heavy atom. The van der Waals surface area contributed by atoms with E-state index in [-0.39, 0.29) is 17.6 Å². The molecular weight excluding hydrogens is 414 g/mol. The summed E-state index contributed by atoms with van der Waals surface area (Å²) in [5, 5.41) is 0. The lowest BCUT2D eigenvalue weighted by molar-refractivity contribution is -0.219. The second-order valence-corrected chi connectivity index (χ2v) is 18.2. The summed E-state index contributed by atoms with van der Waals surface area (Å²) < 4.78 is 13.4. The minimum atomic E-state index is -1.90. The van der Waals surface area contributed by atoms with Crippen LogP contribution in [-0.2, 0) is 14.0 Å². The highest BCUT2D eigenvalue weighted by atomic mass is 28.4. The van der Waals surface area contributed by atoms with Crippen LogP contribution in [0.2, 0.25) is 16.6 Å². The van der Waals surface area contributed by atoms with E-state index in [2.05, 4.69) is 53.4 Å². The van der Waals surface area contributed by atoms with Crippen molar-refractivity contribution in [1.82, 2.24) is 4.90 Å². The second kappa shape index (κ2) is 9.00. The first kappa shape index (κ1) is 24.7. The zero-order valence-corrected chi connectivity index (χ0v) is 23.0. The van der Waals surface area contributed by atoms with Gasteiger partial charge in [0.1, 0.15) is 6.10 Å². The Morgan fingerprint density at radius 3 is 2.25 bits per heavy atom. The molecule has 0 aromatic heterocycles. The molecule has 0 radical (unpaired) electrons. The van der Waals surface area contributed by atoms with Crippen LogP contribution in [0.15, 0.2) is 0 Å². The van der Waals surface area contributed by atoms with Crippen LogP contribution in [0.4, 0.5) is 0 Å². The molecule has 4 fully saturated rings. The van der Waals surface area contributed by atoms with Crippen molar-refractivity contribution in [2.75, 3.05) is 13.1 Å². The summed E-state index contributed by atoms with van der Waals surface area (Å²) in [5.74, 6) is 2.55. The summed E-state index contributed by atoms with van der Waals surface area (Å²) in [7, 11) is -1.90. The molecule has 2 heterocycles. The average molecular weight is 464 g/mol. The van der Waals surface area contributed by atoms with E-state index in [9.17, 15) is 4.79 Å². The van der Waals surface area contributed by atoms with E-state index < -0.39 is 8.32 Å². The average Bonchev–Trinajstić information content (AvgIpc) is 2.67. The molecular formula is C27H49NO3Si. The molecule has 0 N–H and O–H groups in total. The lowest BCUT2D eigenvalue weighted by Crippen LogP contribution is -2.74. The number of carbonyl (C=O) groups excluding carboxylic acids is 1. The van der Waals surface area contributed by atoms with Gasteiger partial charge in [0.25, 0.3) is 0 Å². The fourth-order valence-electron chi connectivity index (χ4n) is 9.48. The Morgan fingerprint density at radius 1 is 1.00 bits per heavy atom. The van der Waals surface area contributed by atoms with E-state index in [4.69, 9.17) is 9.16 Å². The first-order chi connectivity index (χ1) is 15.0. The summed E-state index contributed by atoms with van der Waals surface area (Å²) in [5.41, 5.74) is 2.13. The van der Waals surface area contributed by atoms with Crippen LogP contribution in [0.3, 0.4) is 0 Å². The van der Waals surface area contributed by atoms with Crippen molar-refractivity contribution in [3.8, 4) is 0 Å². The monoisotopic (exact) mass is 463 g/mol. The molecule has 7 atom stereocenters. The number of nitrogens with zero attached hydrogens (tertiary/aromatic N) is 1. The summed E-state index contributed by atoms with van der Waals surface area (Å²) in [6.07, 6.45) is 7.80. The van der Waals surface area contributed by atoms with Gasteiger partial charge in [0.2, 0.25) is 8.32 Å². The molecule has 32 heavy (non-hydrogen) atoms. The summed E-state index contributed by atoms with van der Waals surface area (Å²) in [4.78, 5) is 14.8. The van der Waals surface area contributed by atoms with Crippen LogP contribution in [-0.4, -0.2) is 50.0 Å². The van der Waals surface area contributed by atoms with Gasteiger partial charge >= 0.3 is 5.97 Å². The maximum absolute atomic E-state index is 12.0. The third-order valence-corrected chi connectivity index (χ3v) is 16.2.